The Morgan fingerprint density at radius 2 is 1.93 bits per heavy atom. The van der Waals surface area contributed by atoms with Crippen LogP contribution >= 0.6 is 0 Å². The predicted molar refractivity (Wildman–Crippen MR) is 64.7 cm³/mol. The number of hydrogen-bond acceptors (Lipinski definition) is 2. The number of carbonyl (C=O) groups excluding carboxylic acids is 1. The zero-order valence-electron chi connectivity index (χ0n) is 10.2. The van der Waals surface area contributed by atoms with Gasteiger partial charge in [-0.1, -0.05) is 39.5 Å². The van der Waals surface area contributed by atoms with Crippen LogP contribution in [0.4, 0.5) is 0 Å². The van der Waals surface area contributed by atoms with Crippen LogP contribution in [0.15, 0.2) is 0 Å². The molecule has 1 atom stereocenters. The Morgan fingerprint density at radius 3 is 2.47 bits per heavy atom. The summed E-state index contributed by atoms with van der Waals surface area (Å²) in [4.78, 5) is 10.8. The van der Waals surface area contributed by atoms with E-state index in [2.05, 4.69) is 19.2 Å². The highest BCUT2D eigenvalue weighted by Gasteiger charge is 2.09. The van der Waals surface area contributed by atoms with Gasteiger partial charge in [-0.3, -0.25) is 4.79 Å². The third-order valence-electron chi connectivity index (χ3n) is 2.54. The van der Waals surface area contributed by atoms with E-state index in [1.807, 2.05) is 0 Å². The summed E-state index contributed by atoms with van der Waals surface area (Å²) in [6.07, 6.45) is 7.65. The normalized spacial score (nSPS) is 12.7. The molecule has 0 aliphatic rings. The van der Waals surface area contributed by atoms with Crippen molar-refractivity contribution < 1.29 is 4.79 Å². The van der Waals surface area contributed by atoms with Crippen molar-refractivity contribution in [3.63, 3.8) is 0 Å². The molecule has 3 heteroatoms. The molecule has 0 saturated heterocycles. The minimum atomic E-state index is -0.195. The quantitative estimate of drug-likeness (QED) is 0.548. The Labute approximate surface area is 93.8 Å². The molecule has 90 valence electrons. The number of carbonyl (C=O) groups is 1. The summed E-state index contributed by atoms with van der Waals surface area (Å²) < 4.78 is 0. The minimum Gasteiger partial charge on any atom is -0.370 e. The van der Waals surface area contributed by atoms with E-state index in [1.165, 1.54) is 25.7 Å². The van der Waals surface area contributed by atoms with Crippen LogP contribution in [0.2, 0.25) is 0 Å². The van der Waals surface area contributed by atoms with Crippen molar-refractivity contribution in [2.75, 3.05) is 6.54 Å². The highest BCUT2D eigenvalue weighted by molar-refractivity contribution is 5.74. The van der Waals surface area contributed by atoms with Crippen LogP contribution in [-0.2, 0) is 4.79 Å². The number of unbranched alkanes of at least 4 members (excludes halogenated alkanes) is 3. The van der Waals surface area contributed by atoms with Crippen LogP contribution in [0.5, 0.6) is 0 Å². The predicted octanol–water partition coefficient (Wildman–Crippen LogP) is 2.20. The SMILES string of the molecule is CCCCCCC(CC(N)=O)NCCC. The number of primary amides is 1. The lowest BCUT2D eigenvalue weighted by atomic mass is 10.0. The van der Waals surface area contributed by atoms with Crippen LogP contribution in [0, 0.1) is 0 Å². The van der Waals surface area contributed by atoms with Gasteiger partial charge >= 0.3 is 0 Å². The molecule has 0 heterocycles. The average Bonchev–Trinajstić information content (AvgIpc) is 2.19. The molecule has 3 nitrogen and oxygen atoms in total. The van der Waals surface area contributed by atoms with Crippen molar-refractivity contribution in [2.45, 2.75) is 64.8 Å². The van der Waals surface area contributed by atoms with Gasteiger partial charge in [-0.15, -0.1) is 0 Å². The van der Waals surface area contributed by atoms with Crippen molar-refractivity contribution in [3.8, 4) is 0 Å². The fourth-order valence-corrected chi connectivity index (χ4v) is 1.69. The Balaban J connectivity index is 3.64. The second kappa shape index (κ2) is 9.97. The Hall–Kier alpha value is -0.570. The summed E-state index contributed by atoms with van der Waals surface area (Å²) in [5.74, 6) is -0.195. The number of nitrogens with two attached hydrogens (primary N) is 1. The molecule has 0 fully saturated rings. The van der Waals surface area contributed by atoms with Gasteiger partial charge in [0.25, 0.3) is 0 Å². The summed E-state index contributed by atoms with van der Waals surface area (Å²) in [5, 5.41) is 3.38. The maximum atomic E-state index is 10.8. The molecular formula is C12H26N2O. The fraction of sp³-hybridized carbons (Fsp3) is 0.917. The molecule has 0 saturated carbocycles. The summed E-state index contributed by atoms with van der Waals surface area (Å²) in [5.41, 5.74) is 5.22. The summed E-state index contributed by atoms with van der Waals surface area (Å²) in [6, 6.07) is 0.291. The zero-order chi connectivity index (χ0) is 11.5. The Bertz CT molecular complexity index is 160. The average molecular weight is 214 g/mol. The first-order chi connectivity index (χ1) is 7.20. The summed E-state index contributed by atoms with van der Waals surface area (Å²) in [7, 11) is 0. The van der Waals surface area contributed by atoms with Crippen LogP contribution in [-0.4, -0.2) is 18.5 Å². The second-order valence-corrected chi connectivity index (χ2v) is 4.17. The van der Waals surface area contributed by atoms with Crippen LogP contribution < -0.4 is 11.1 Å². The molecule has 0 aromatic rings. The molecule has 3 N–H and O–H groups in total. The standard InChI is InChI=1S/C12H26N2O/c1-3-5-6-7-8-11(10-12(13)15)14-9-4-2/h11,14H,3-10H2,1-2H3,(H2,13,15). The third-order valence-corrected chi connectivity index (χ3v) is 2.54. The van der Waals surface area contributed by atoms with Gasteiger partial charge in [0.05, 0.1) is 0 Å². The van der Waals surface area contributed by atoms with E-state index in [0.717, 1.165) is 19.4 Å². The topological polar surface area (TPSA) is 55.1 Å². The first-order valence-electron chi connectivity index (χ1n) is 6.22. The molecule has 15 heavy (non-hydrogen) atoms. The number of hydrogen-bond donors (Lipinski definition) is 2. The van der Waals surface area contributed by atoms with Crippen molar-refractivity contribution >= 4 is 5.91 Å². The van der Waals surface area contributed by atoms with Gasteiger partial charge in [-0.2, -0.15) is 0 Å². The summed E-state index contributed by atoms with van der Waals surface area (Å²) in [6.45, 7) is 5.31. The summed E-state index contributed by atoms with van der Waals surface area (Å²) >= 11 is 0. The molecule has 0 aromatic carbocycles. The highest BCUT2D eigenvalue weighted by atomic mass is 16.1. The molecular weight excluding hydrogens is 188 g/mol. The van der Waals surface area contributed by atoms with Crippen molar-refractivity contribution in [1.29, 1.82) is 0 Å². The molecule has 0 aromatic heterocycles. The van der Waals surface area contributed by atoms with E-state index < -0.39 is 0 Å². The molecule has 0 aliphatic heterocycles. The number of nitrogens with one attached hydrogen (secondary N) is 1. The van der Waals surface area contributed by atoms with Gasteiger partial charge in [-0.05, 0) is 19.4 Å². The third kappa shape index (κ3) is 9.73. The minimum absolute atomic E-state index is 0.195. The van der Waals surface area contributed by atoms with Gasteiger partial charge in [0.2, 0.25) is 5.91 Å². The highest BCUT2D eigenvalue weighted by Crippen LogP contribution is 2.07. The van der Waals surface area contributed by atoms with E-state index in [4.69, 9.17) is 5.73 Å². The van der Waals surface area contributed by atoms with Crippen LogP contribution in [0.1, 0.15) is 58.8 Å². The molecule has 1 amide bonds. The van der Waals surface area contributed by atoms with Gasteiger partial charge in [0.1, 0.15) is 0 Å². The molecule has 0 aliphatic carbocycles. The van der Waals surface area contributed by atoms with Crippen molar-refractivity contribution in [3.05, 3.63) is 0 Å². The second-order valence-electron chi connectivity index (χ2n) is 4.17. The van der Waals surface area contributed by atoms with E-state index in [1.54, 1.807) is 0 Å². The maximum Gasteiger partial charge on any atom is 0.218 e. The van der Waals surface area contributed by atoms with Crippen LogP contribution in [0.3, 0.4) is 0 Å². The van der Waals surface area contributed by atoms with E-state index in [-0.39, 0.29) is 5.91 Å². The van der Waals surface area contributed by atoms with Crippen molar-refractivity contribution in [2.24, 2.45) is 5.73 Å². The zero-order valence-corrected chi connectivity index (χ0v) is 10.2. The molecule has 0 radical (unpaired) electrons. The largest absolute Gasteiger partial charge is 0.370 e. The first kappa shape index (κ1) is 14.4. The number of amides is 1. The Morgan fingerprint density at radius 1 is 1.20 bits per heavy atom. The van der Waals surface area contributed by atoms with E-state index in [0.29, 0.717) is 12.5 Å². The first-order valence-corrected chi connectivity index (χ1v) is 6.22. The smallest absolute Gasteiger partial charge is 0.218 e. The molecule has 0 spiro atoms. The molecule has 0 rings (SSSR count). The van der Waals surface area contributed by atoms with E-state index in [9.17, 15) is 4.79 Å². The maximum absolute atomic E-state index is 10.8. The van der Waals surface area contributed by atoms with Gasteiger partial charge in [0, 0.05) is 12.5 Å². The fourth-order valence-electron chi connectivity index (χ4n) is 1.69. The van der Waals surface area contributed by atoms with Gasteiger partial charge in [0.15, 0.2) is 0 Å². The lowest BCUT2D eigenvalue weighted by Crippen LogP contribution is -2.34. The lowest BCUT2D eigenvalue weighted by molar-refractivity contribution is -0.118. The van der Waals surface area contributed by atoms with Crippen molar-refractivity contribution in [1.82, 2.24) is 5.32 Å². The molecule has 1 unspecified atom stereocenters. The Kier molecular flexibility index (Phi) is 9.59. The van der Waals surface area contributed by atoms with Gasteiger partial charge in [-0.25, -0.2) is 0 Å². The van der Waals surface area contributed by atoms with Crippen LogP contribution in [0.25, 0.3) is 0 Å². The number of rotatable bonds is 10. The molecule has 0 bridgehead atoms. The van der Waals surface area contributed by atoms with Gasteiger partial charge < -0.3 is 11.1 Å². The lowest BCUT2D eigenvalue weighted by Gasteiger charge is -2.16. The van der Waals surface area contributed by atoms with E-state index >= 15 is 0 Å². The monoisotopic (exact) mass is 214 g/mol.